The van der Waals surface area contributed by atoms with Crippen LogP contribution in [0.2, 0.25) is 0 Å². The molecule has 0 unspecified atom stereocenters. The van der Waals surface area contributed by atoms with E-state index in [1.54, 1.807) is 48.5 Å². The van der Waals surface area contributed by atoms with Crippen LogP contribution < -0.4 is 15.0 Å². The van der Waals surface area contributed by atoms with Crippen LogP contribution in [0.25, 0.3) is 0 Å². The van der Waals surface area contributed by atoms with E-state index in [4.69, 9.17) is 16.3 Å². The minimum atomic E-state index is -0.638. The van der Waals surface area contributed by atoms with Gasteiger partial charge < -0.3 is 15.0 Å². The van der Waals surface area contributed by atoms with Gasteiger partial charge in [-0.2, -0.15) is 0 Å². The fraction of sp³-hybridized carbons (Fsp3) is 0.292. The molecule has 2 aromatic rings. The lowest BCUT2D eigenvalue weighted by molar-refractivity contribution is -0.120. The molecular formula is C24H24ClN3O4. The van der Waals surface area contributed by atoms with Crippen LogP contribution in [0.5, 0.6) is 5.75 Å². The predicted molar refractivity (Wildman–Crippen MR) is 123 cm³/mol. The number of ether oxygens (including phenoxy) is 1. The van der Waals surface area contributed by atoms with Crippen LogP contribution in [0.15, 0.2) is 59.3 Å². The molecule has 0 aromatic heterocycles. The van der Waals surface area contributed by atoms with Crippen molar-refractivity contribution in [3.05, 3.63) is 64.8 Å². The Morgan fingerprint density at radius 2 is 1.69 bits per heavy atom. The molecule has 0 aliphatic carbocycles. The van der Waals surface area contributed by atoms with Crippen LogP contribution in [0, 0.1) is 0 Å². The normalized spacial score (nSPS) is 16.9. The summed E-state index contributed by atoms with van der Waals surface area (Å²) in [5, 5.41) is 2.73. The summed E-state index contributed by atoms with van der Waals surface area (Å²) >= 11 is 6.24. The number of amides is 3. The third kappa shape index (κ3) is 4.21. The average molecular weight is 454 g/mol. The van der Waals surface area contributed by atoms with E-state index in [0.29, 0.717) is 22.7 Å². The van der Waals surface area contributed by atoms with Gasteiger partial charge in [0.1, 0.15) is 16.5 Å². The van der Waals surface area contributed by atoms with Gasteiger partial charge in [-0.3, -0.25) is 14.4 Å². The van der Waals surface area contributed by atoms with Gasteiger partial charge in [0.2, 0.25) is 0 Å². The Labute approximate surface area is 191 Å². The molecule has 8 heteroatoms. The van der Waals surface area contributed by atoms with Crippen molar-refractivity contribution in [1.29, 1.82) is 0 Å². The number of benzene rings is 2. The second kappa shape index (κ2) is 9.44. The van der Waals surface area contributed by atoms with Crippen LogP contribution in [0.3, 0.4) is 0 Å². The van der Waals surface area contributed by atoms with Crippen molar-refractivity contribution >= 4 is 40.7 Å². The molecule has 3 amide bonds. The molecule has 0 atom stereocenters. The molecule has 1 saturated heterocycles. The second-order valence-corrected chi connectivity index (χ2v) is 8.10. The first-order valence-corrected chi connectivity index (χ1v) is 11.0. The minimum absolute atomic E-state index is 0.0399. The van der Waals surface area contributed by atoms with Crippen LogP contribution in [0.1, 0.15) is 36.0 Å². The zero-order valence-electron chi connectivity index (χ0n) is 17.8. The van der Waals surface area contributed by atoms with Gasteiger partial charge in [0.15, 0.2) is 0 Å². The van der Waals surface area contributed by atoms with Crippen LogP contribution in [0.4, 0.5) is 11.4 Å². The van der Waals surface area contributed by atoms with E-state index in [9.17, 15) is 14.4 Å². The molecule has 166 valence electrons. The molecule has 2 aliphatic rings. The molecule has 0 radical (unpaired) electrons. The van der Waals surface area contributed by atoms with E-state index in [0.717, 1.165) is 43.7 Å². The van der Waals surface area contributed by atoms with Crippen molar-refractivity contribution < 1.29 is 19.1 Å². The lowest BCUT2D eigenvalue weighted by Gasteiger charge is -2.21. The van der Waals surface area contributed by atoms with Crippen molar-refractivity contribution in [2.24, 2.45) is 0 Å². The first-order valence-electron chi connectivity index (χ1n) is 10.6. The van der Waals surface area contributed by atoms with E-state index in [-0.39, 0.29) is 16.6 Å². The van der Waals surface area contributed by atoms with Gasteiger partial charge in [-0.05, 0) is 43.2 Å². The molecule has 32 heavy (non-hydrogen) atoms. The lowest BCUT2D eigenvalue weighted by atomic mass is 10.1. The van der Waals surface area contributed by atoms with Gasteiger partial charge in [0, 0.05) is 24.3 Å². The molecule has 0 saturated carbocycles. The first kappa shape index (κ1) is 21.9. The quantitative estimate of drug-likeness (QED) is 0.688. The number of para-hydroxylation sites is 2. The van der Waals surface area contributed by atoms with Crippen molar-refractivity contribution in [2.75, 3.05) is 30.4 Å². The molecule has 2 heterocycles. The van der Waals surface area contributed by atoms with Gasteiger partial charge in [-0.25, -0.2) is 4.90 Å². The maximum Gasteiger partial charge on any atom is 0.283 e. The van der Waals surface area contributed by atoms with Crippen molar-refractivity contribution in [3.8, 4) is 5.75 Å². The number of hydrogen-bond donors (Lipinski definition) is 1. The number of hydrogen-bond acceptors (Lipinski definition) is 5. The summed E-state index contributed by atoms with van der Waals surface area (Å²) in [6.45, 7) is 1.49. The molecule has 0 bridgehead atoms. The summed E-state index contributed by atoms with van der Waals surface area (Å²) in [6.07, 6.45) is 4.27. The Morgan fingerprint density at radius 1 is 0.969 bits per heavy atom. The van der Waals surface area contributed by atoms with Crippen molar-refractivity contribution in [2.45, 2.75) is 25.7 Å². The Bertz CT molecular complexity index is 1090. The van der Waals surface area contributed by atoms with E-state index in [2.05, 4.69) is 5.32 Å². The summed E-state index contributed by atoms with van der Waals surface area (Å²) in [5.41, 5.74) is 1.29. The first-order chi connectivity index (χ1) is 15.5. The molecule has 1 N–H and O–H groups in total. The van der Waals surface area contributed by atoms with Crippen LogP contribution in [-0.2, 0) is 9.59 Å². The Balaban J connectivity index is 1.56. The number of carbonyl (C=O) groups is 3. The molecule has 2 aromatic carbocycles. The number of imide groups is 1. The second-order valence-electron chi connectivity index (χ2n) is 7.72. The zero-order valence-corrected chi connectivity index (χ0v) is 18.5. The lowest BCUT2D eigenvalue weighted by Crippen LogP contribution is -2.32. The average Bonchev–Trinajstić information content (AvgIpc) is 3.02. The number of methoxy groups -OCH3 is 1. The fourth-order valence-corrected chi connectivity index (χ4v) is 4.19. The number of carbonyl (C=O) groups excluding carboxylic acids is 3. The molecule has 7 nitrogen and oxygen atoms in total. The van der Waals surface area contributed by atoms with Crippen LogP contribution >= 0.6 is 11.6 Å². The fourth-order valence-electron chi connectivity index (χ4n) is 3.98. The number of nitrogens with zero attached hydrogens (tertiary/aromatic N) is 2. The van der Waals surface area contributed by atoms with Crippen molar-refractivity contribution in [1.82, 2.24) is 4.90 Å². The highest BCUT2D eigenvalue weighted by molar-refractivity contribution is 6.53. The SMILES string of the molecule is COc1ccccc1N1C(=O)C(Cl)=C(Nc2cccc(C(=O)N3CCCCCC3)c2)C1=O. The summed E-state index contributed by atoms with van der Waals surface area (Å²) in [7, 11) is 1.46. The minimum Gasteiger partial charge on any atom is -0.495 e. The predicted octanol–water partition coefficient (Wildman–Crippen LogP) is 4.15. The highest BCUT2D eigenvalue weighted by atomic mass is 35.5. The van der Waals surface area contributed by atoms with Crippen molar-refractivity contribution in [3.63, 3.8) is 0 Å². The van der Waals surface area contributed by atoms with E-state index >= 15 is 0 Å². The summed E-state index contributed by atoms with van der Waals surface area (Å²) in [5.74, 6) is -0.890. The number of halogens is 1. The van der Waals surface area contributed by atoms with E-state index < -0.39 is 11.8 Å². The number of nitrogens with one attached hydrogen (secondary N) is 1. The summed E-state index contributed by atoms with van der Waals surface area (Å²) in [4.78, 5) is 41.6. The smallest absolute Gasteiger partial charge is 0.283 e. The molecule has 1 fully saturated rings. The molecule has 4 rings (SSSR count). The Hall–Kier alpha value is -3.32. The van der Waals surface area contributed by atoms with Gasteiger partial charge in [-0.15, -0.1) is 0 Å². The third-order valence-electron chi connectivity index (χ3n) is 5.63. The standard InChI is InChI=1S/C24H24ClN3O4/c1-32-19-12-5-4-11-18(19)28-23(30)20(25)21(24(28)31)26-17-10-8-9-16(15-17)22(29)27-13-6-2-3-7-14-27/h4-5,8-12,15,26H,2-3,6-7,13-14H2,1H3. The monoisotopic (exact) mass is 453 g/mol. The molecule has 0 spiro atoms. The van der Waals surface area contributed by atoms with Gasteiger partial charge in [0.05, 0.1) is 12.8 Å². The summed E-state index contributed by atoms with van der Waals surface area (Å²) in [6, 6.07) is 13.6. The largest absolute Gasteiger partial charge is 0.495 e. The maximum absolute atomic E-state index is 13.1. The highest BCUT2D eigenvalue weighted by Crippen LogP contribution is 2.35. The number of anilines is 2. The molecular weight excluding hydrogens is 430 g/mol. The van der Waals surface area contributed by atoms with Gasteiger partial charge in [-0.1, -0.05) is 42.6 Å². The van der Waals surface area contributed by atoms with E-state index in [1.807, 2.05) is 4.90 Å². The topological polar surface area (TPSA) is 79.0 Å². The number of likely N-dealkylation sites (tertiary alicyclic amines) is 1. The Kier molecular flexibility index (Phi) is 6.46. The summed E-state index contributed by atoms with van der Waals surface area (Å²) < 4.78 is 5.28. The number of rotatable bonds is 5. The van der Waals surface area contributed by atoms with Crippen LogP contribution in [-0.4, -0.2) is 42.8 Å². The Morgan fingerprint density at radius 3 is 2.41 bits per heavy atom. The molecule has 2 aliphatic heterocycles. The van der Waals surface area contributed by atoms with Gasteiger partial charge >= 0.3 is 0 Å². The highest BCUT2D eigenvalue weighted by Gasteiger charge is 2.40. The third-order valence-corrected chi connectivity index (χ3v) is 5.98. The maximum atomic E-state index is 13.1. The van der Waals surface area contributed by atoms with Gasteiger partial charge in [0.25, 0.3) is 17.7 Å². The zero-order chi connectivity index (χ0) is 22.7. The van der Waals surface area contributed by atoms with E-state index in [1.165, 1.54) is 7.11 Å².